The second-order valence-corrected chi connectivity index (χ2v) is 7.95. The molecule has 0 heterocycles. The maximum absolute atomic E-state index is 12.2. The van der Waals surface area contributed by atoms with Gasteiger partial charge in [0.1, 0.15) is 0 Å². The van der Waals surface area contributed by atoms with Crippen molar-refractivity contribution in [1.29, 1.82) is 0 Å². The Bertz CT molecular complexity index is 307. The fraction of sp³-hybridized carbons (Fsp3) is 0.938. The molecule has 2 nitrogen and oxygen atoms in total. The van der Waals surface area contributed by atoms with Crippen LogP contribution in [-0.2, 0) is 4.79 Å². The van der Waals surface area contributed by atoms with Crippen molar-refractivity contribution in [3.63, 3.8) is 0 Å². The van der Waals surface area contributed by atoms with Gasteiger partial charge in [0.2, 0.25) is 5.91 Å². The SMILES string of the molecule is CCCCSC(C)C(=O)NC(C)C1CC2CCC1C2. The smallest absolute Gasteiger partial charge is 0.233 e. The minimum atomic E-state index is 0.104. The second kappa shape index (κ2) is 7.01. The summed E-state index contributed by atoms with van der Waals surface area (Å²) in [7, 11) is 0. The van der Waals surface area contributed by atoms with Crippen LogP contribution in [0.25, 0.3) is 0 Å². The molecule has 0 aromatic heterocycles. The molecule has 0 aliphatic heterocycles. The first kappa shape index (κ1) is 15.2. The van der Waals surface area contributed by atoms with Gasteiger partial charge < -0.3 is 5.32 Å². The molecule has 0 spiro atoms. The Morgan fingerprint density at radius 3 is 2.68 bits per heavy atom. The highest BCUT2D eigenvalue weighted by atomic mass is 32.2. The van der Waals surface area contributed by atoms with Crippen LogP contribution in [-0.4, -0.2) is 23.0 Å². The van der Waals surface area contributed by atoms with Gasteiger partial charge in [0.25, 0.3) is 0 Å². The van der Waals surface area contributed by atoms with Gasteiger partial charge in [-0.2, -0.15) is 0 Å². The summed E-state index contributed by atoms with van der Waals surface area (Å²) in [6.45, 7) is 6.46. The molecule has 2 fully saturated rings. The molecule has 0 aromatic carbocycles. The number of thioether (sulfide) groups is 1. The van der Waals surface area contributed by atoms with E-state index in [0.717, 1.165) is 23.5 Å². The topological polar surface area (TPSA) is 29.1 Å². The molecule has 2 saturated carbocycles. The molecule has 110 valence electrons. The maximum atomic E-state index is 12.2. The number of unbranched alkanes of at least 4 members (excludes halogenated alkanes) is 1. The van der Waals surface area contributed by atoms with Gasteiger partial charge in [-0.15, -0.1) is 11.8 Å². The van der Waals surface area contributed by atoms with Gasteiger partial charge in [-0.25, -0.2) is 0 Å². The van der Waals surface area contributed by atoms with Crippen LogP contribution >= 0.6 is 11.8 Å². The van der Waals surface area contributed by atoms with Crippen molar-refractivity contribution < 1.29 is 4.79 Å². The molecule has 5 atom stereocenters. The lowest BCUT2D eigenvalue weighted by Crippen LogP contribution is -2.43. The minimum absolute atomic E-state index is 0.104. The van der Waals surface area contributed by atoms with Gasteiger partial charge >= 0.3 is 0 Å². The Morgan fingerprint density at radius 2 is 2.11 bits per heavy atom. The molecule has 3 heteroatoms. The number of nitrogens with one attached hydrogen (secondary N) is 1. The first-order valence-electron chi connectivity index (χ1n) is 8.03. The van der Waals surface area contributed by atoms with Gasteiger partial charge in [-0.1, -0.05) is 19.8 Å². The van der Waals surface area contributed by atoms with E-state index in [4.69, 9.17) is 0 Å². The van der Waals surface area contributed by atoms with Crippen molar-refractivity contribution in [2.75, 3.05) is 5.75 Å². The summed E-state index contributed by atoms with van der Waals surface area (Å²) in [6.07, 6.45) is 8.03. The normalized spacial score (nSPS) is 32.3. The third-order valence-electron chi connectivity index (χ3n) is 5.04. The highest BCUT2D eigenvalue weighted by Gasteiger charge is 2.42. The summed E-state index contributed by atoms with van der Waals surface area (Å²) < 4.78 is 0. The number of hydrogen-bond acceptors (Lipinski definition) is 2. The standard InChI is InChI=1S/C16H29NOS/c1-4-5-8-19-12(3)16(18)17-11(2)15-10-13-6-7-14(15)9-13/h11-15H,4-10H2,1-3H3,(H,17,18). The van der Waals surface area contributed by atoms with E-state index < -0.39 is 0 Å². The van der Waals surface area contributed by atoms with Crippen LogP contribution in [0.4, 0.5) is 0 Å². The van der Waals surface area contributed by atoms with Crippen LogP contribution in [0, 0.1) is 17.8 Å². The zero-order valence-electron chi connectivity index (χ0n) is 12.7. The lowest BCUT2D eigenvalue weighted by atomic mass is 9.84. The molecular weight excluding hydrogens is 254 g/mol. The predicted octanol–water partition coefficient (Wildman–Crippen LogP) is 3.85. The van der Waals surface area contributed by atoms with Crippen molar-refractivity contribution in [3.05, 3.63) is 0 Å². The third kappa shape index (κ3) is 3.90. The number of carbonyl (C=O) groups excluding carboxylic acids is 1. The number of rotatable bonds is 7. The number of fused-ring (bicyclic) bond motifs is 2. The molecule has 2 rings (SSSR count). The van der Waals surface area contributed by atoms with Crippen LogP contribution in [0.5, 0.6) is 0 Å². The lowest BCUT2D eigenvalue weighted by molar-refractivity contribution is -0.121. The molecule has 0 radical (unpaired) electrons. The van der Waals surface area contributed by atoms with Gasteiger partial charge in [0, 0.05) is 6.04 Å². The Balaban J connectivity index is 1.72. The molecule has 2 aliphatic rings. The number of amides is 1. The van der Waals surface area contributed by atoms with E-state index in [2.05, 4.69) is 19.2 Å². The molecule has 2 bridgehead atoms. The minimum Gasteiger partial charge on any atom is -0.352 e. The molecule has 19 heavy (non-hydrogen) atoms. The van der Waals surface area contributed by atoms with Crippen molar-refractivity contribution >= 4 is 17.7 Å². The third-order valence-corrected chi connectivity index (χ3v) is 6.28. The van der Waals surface area contributed by atoms with E-state index in [0.29, 0.717) is 6.04 Å². The summed E-state index contributed by atoms with van der Waals surface area (Å²) >= 11 is 1.80. The highest BCUT2D eigenvalue weighted by molar-refractivity contribution is 8.00. The van der Waals surface area contributed by atoms with E-state index in [1.54, 1.807) is 11.8 Å². The summed E-state index contributed by atoms with van der Waals surface area (Å²) in [5, 5.41) is 3.38. The van der Waals surface area contributed by atoms with E-state index in [1.807, 2.05) is 6.92 Å². The average Bonchev–Trinajstić information content (AvgIpc) is 3.01. The van der Waals surface area contributed by atoms with E-state index in [1.165, 1.54) is 38.5 Å². The van der Waals surface area contributed by atoms with E-state index in [-0.39, 0.29) is 11.2 Å². The largest absolute Gasteiger partial charge is 0.352 e. The van der Waals surface area contributed by atoms with Crippen LogP contribution in [0.1, 0.15) is 59.3 Å². The fourth-order valence-electron chi connectivity index (χ4n) is 3.84. The monoisotopic (exact) mass is 283 g/mol. The van der Waals surface area contributed by atoms with Crippen LogP contribution in [0.15, 0.2) is 0 Å². The van der Waals surface area contributed by atoms with Gasteiger partial charge in [0.15, 0.2) is 0 Å². The second-order valence-electron chi connectivity index (χ2n) is 6.50. The number of carbonyl (C=O) groups is 1. The van der Waals surface area contributed by atoms with Gasteiger partial charge in [-0.3, -0.25) is 4.79 Å². The van der Waals surface area contributed by atoms with Gasteiger partial charge in [-0.05, 0) is 63.0 Å². The van der Waals surface area contributed by atoms with Crippen molar-refractivity contribution in [1.82, 2.24) is 5.32 Å². The Labute approximate surface area is 122 Å². The molecule has 2 aliphatic carbocycles. The molecule has 5 unspecified atom stereocenters. The summed E-state index contributed by atoms with van der Waals surface area (Å²) in [5.74, 6) is 3.95. The van der Waals surface area contributed by atoms with Crippen LogP contribution in [0.3, 0.4) is 0 Å². The van der Waals surface area contributed by atoms with Crippen LogP contribution < -0.4 is 5.32 Å². The first-order chi connectivity index (χ1) is 9.11. The Kier molecular flexibility index (Phi) is 5.61. The molecule has 1 N–H and O–H groups in total. The highest BCUT2D eigenvalue weighted by Crippen LogP contribution is 2.49. The van der Waals surface area contributed by atoms with Gasteiger partial charge in [0.05, 0.1) is 5.25 Å². The zero-order chi connectivity index (χ0) is 13.8. The van der Waals surface area contributed by atoms with E-state index in [9.17, 15) is 4.79 Å². The molecule has 0 aromatic rings. The first-order valence-corrected chi connectivity index (χ1v) is 9.08. The summed E-state index contributed by atoms with van der Waals surface area (Å²) in [5.41, 5.74) is 0. The van der Waals surface area contributed by atoms with Crippen molar-refractivity contribution in [3.8, 4) is 0 Å². The van der Waals surface area contributed by atoms with Crippen molar-refractivity contribution in [2.45, 2.75) is 70.6 Å². The molecule has 1 amide bonds. The summed E-state index contributed by atoms with van der Waals surface area (Å²) in [6, 6.07) is 0.372. The molecule has 0 saturated heterocycles. The lowest BCUT2D eigenvalue weighted by Gasteiger charge is -2.29. The average molecular weight is 283 g/mol. The number of hydrogen-bond donors (Lipinski definition) is 1. The predicted molar refractivity (Wildman–Crippen MR) is 83.4 cm³/mol. The maximum Gasteiger partial charge on any atom is 0.233 e. The van der Waals surface area contributed by atoms with Crippen molar-refractivity contribution in [2.24, 2.45) is 17.8 Å². The zero-order valence-corrected chi connectivity index (χ0v) is 13.5. The Hall–Kier alpha value is -0.180. The summed E-state index contributed by atoms with van der Waals surface area (Å²) in [4.78, 5) is 12.2. The molecular formula is C16H29NOS. The van der Waals surface area contributed by atoms with E-state index >= 15 is 0 Å². The quantitative estimate of drug-likeness (QED) is 0.719. The fourth-order valence-corrected chi connectivity index (χ4v) is 4.86. The Morgan fingerprint density at radius 1 is 1.32 bits per heavy atom. The van der Waals surface area contributed by atoms with Crippen LogP contribution in [0.2, 0.25) is 0 Å².